The summed E-state index contributed by atoms with van der Waals surface area (Å²) in [7, 11) is 0. The van der Waals surface area contributed by atoms with Crippen LogP contribution >= 0.6 is 0 Å². The van der Waals surface area contributed by atoms with Crippen LogP contribution in [-0.4, -0.2) is 28.9 Å². The van der Waals surface area contributed by atoms with Gasteiger partial charge < -0.3 is 14.8 Å². The van der Waals surface area contributed by atoms with Gasteiger partial charge in [-0.3, -0.25) is 9.48 Å². The predicted octanol–water partition coefficient (Wildman–Crippen LogP) is 2.42. The molecule has 2 aliphatic rings. The van der Waals surface area contributed by atoms with Gasteiger partial charge in [-0.05, 0) is 42.9 Å². The van der Waals surface area contributed by atoms with Crippen molar-refractivity contribution in [1.82, 2.24) is 9.78 Å². The maximum absolute atomic E-state index is 12.3. The first-order valence-electron chi connectivity index (χ1n) is 8.42. The van der Waals surface area contributed by atoms with Crippen LogP contribution in [0.4, 0.5) is 5.69 Å². The lowest BCUT2D eigenvalue weighted by atomic mass is 9.89. The van der Waals surface area contributed by atoms with E-state index in [0.717, 1.165) is 18.5 Å². The fraction of sp³-hybridized carbons (Fsp3) is 0.444. The van der Waals surface area contributed by atoms with Crippen molar-refractivity contribution >= 4 is 11.6 Å². The quantitative estimate of drug-likeness (QED) is 0.940. The number of fused-ring (bicyclic) bond motifs is 2. The van der Waals surface area contributed by atoms with E-state index in [2.05, 4.69) is 17.3 Å². The molecule has 126 valence electrons. The lowest BCUT2D eigenvalue weighted by Crippen LogP contribution is -2.20. The molecule has 0 saturated heterocycles. The highest BCUT2D eigenvalue weighted by molar-refractivity contribution is 5.90. The number of carbonyl (C=O) groups is 1. The molecule has 2 aromatic rings. The summed E-state index contributed by atoms with van der Waals surface area (Å²) in [4.78, 5) is 12.3. The number of ether oxygens (including phenoxy) is 2. The van der Waals surface area contributed by atoms with Crippen LogP contribution in [0.1, 0.15) is 24.6 Å². The van der Waals surface area contributed by atoms with Crippen LogP contribution in [-0.2, 0) is 24.2 Å². The predicted molar refractivity (Wildman–Crippen MR) is 89.5 cm³/mol. The van der Waals surface area contributed by atoms with E-state index < -0.39 is 0 Å². The number of anilines is 1. The van der Waals surface area contributed by atoms with Crippen LogP contribution in [0.5, 0.6) is 11.5 Å². The normalized spacial score (nSPS) is 18.8. The zero-order valence-electron chi connectivity index (χ0n) is 13.7. The van der Waals surface area contributed by atoms with Crippen LogP contribution in [0.3, 0.4) is 0 Å². The van der Waals surface area contributed by atoms with Gasteiger partial charge in [0.25, 0.3) is 0 Å². The number of hydrogen-bond acceptors (Lipinski definition) is 4. The molecule has 2 heterocycles. The summed E-state index contributed by atoms with van der Waals surface area (Å²) < 4.78 is 12.8. The number of benzene rings is 1. The largest absolute Gasteiger partial charge is 0.486 e. The second-order valence-corrected chi connectivity index (χ2v) is 6.55. The molecule has 0 spiro atoms. The number of amides is 1. The molecule has 1 aromatic carbocycles. The molecule has 1 aliphatic carbocycles. The van der Waals surface area contributed by atoms with E-state index >= 15 is 0 Å². The monoisotopic (exact) mass is 327 g/mol. The third kappa shape index (κ3) is 3.09. The molecule has 1 amide bonds. The third-order valence-electron chi connectivity index (χ3n) is 4.50. The van der Waals surface area contributed by atoms with Crippen LogP contribution in [0.15, 0.2) is 24.4 Å². The van der Waals surface area contributed by atoms with Crippen molar-refractivity contribution in [2.75, 3.05) is 18.5 Å². The van der Waals surface area contributed by atoms with Gasteiger partial charge in [-0.25, -0.2) is 0 Å². The second-order valence-electron chi connectivity index (χ2n) is 6.55. The summed E-state index contributed by atoms with van der Waals surface area (Å²) in [5, 5.41) is 7.44. The van der Waals surface area contributed by atoms with Gasteiger partial charge in [0, 0.05) is 18.0 Å². The third-order valence-corrected chi connectivity index (χ3v) is 4.50. The zero-order chi connectivity index (χ0) is 16.5. The Morgan fingerprint density at radius 3 is 3.04 bits per heavy atom. The lowest BCUT2D eigenvalue weighted by Gasteiger charge is -2.19. The topological polar surface area (TPSA) is 65.4 Å². The van der Waals surface area contributed by atoms with E-state index in [4.69, 9.17) is 9.47 Å². The average Bonchev–Trinajstić information content (AvgIpc) is 2.95. The lowest BCUT2D eigenvalue weighted by molar-refractivity contribution is -0.116. The summed E-state index contributed by atoms with van der Waals surface area (Å²) in [6, 6.07) is 5.43. The highest BCUT2D eigenvalue weighted by Gasteiger charge is 2.19. The molecule has 0 saturated carbocycles. The van der Waals surface area contributed by atoms with Crippen molar-refractivity contribution in [2.45, 2.75) is 32.7 Å². The standard InChI is InChI=1S/C18H21N3O3/c1-12-2-4-15-13(8-12)10-21(20-15)11-18(22)19-14-3-5-16-17(9-14)24-7-6-23-16/h3,5,9-10,12H,2,4,6-8,11H2,1H3,(H,19,22). The molecule has 0 bridgehead atoms. The van der Waals surface area contributed by atoms with Crippen LogP contribution in [0.2, 0.25) is 0 Å². The second kappa shape index (κ2) is 6.19. The van der Waals surface area contributed by atoms with E-state index in [1.54, 1.807) is 10.7 Å². The van der Waals surface area contributed by atoms with Crippen molar-refractivity contribution in [1.29, 1.82) is 0 Å². The Morgan fingerprint density at radius 1 is 1.33 bits per heavy atom. The highest BCUT2D eigenvalue weighted by Crippen LogP contribution is 2.32. The Balaban J connectivity index is 1.42. The van der Waals surface area contributed by atoms with Gasteiger partial charge in [0.1, 0.15) is 19.8 Å². The zero-order valence-corrected chi connectivity index (χ0v) is 13.7. The van der Waals surface area contributed by atoms with E-state index in [-0.39, 0.29) is 12.5 Å². The molecule has 6 nitrogen and oxygen atoms in total. The molecule has 0 radical (unpaired) electrons. The smallest absolute Gasteiger partial charge is 0.246 e. The van der Waals surface area contributed by atoms with E-state index in [1.807, 2.05) is 18.3 Å². The Morgan fingerprint density at radius 2 is 2.17 bits per heavy atom. The molecule has 1 N–H and O–H groups in total. The minimum Gasteiger partial charge on any atom is -0.486 e. The van der Waals surface area contributed by atoms with Crippen LogP contribution in [0.25, 0.3) is 0 Å². The minimum atomic E-state index is -0.0976. The van der Waals surface area contributed by atoms with Gasteiger partial charge in [0.15, 0.2) is 11.5 Å². The first-order valence-corrected chi connectivity index (χ1v) is 8.42. The minimum absolute atomic E-state index is 0.0976. The Kier molecular flexibility index (Phi) is 3.88. The number of rotatable bonds is 3. The van der Waals surface area contributed by atoms with Crippen LogP contribution in [0, 0.1) is 5.92 Å². The van der Waals surface area contributed by atoms with E-state index in [1.165, 1.54) is 12.0 Å². The van der Waals surface area contributed by atoms with Gasteiger partial charge in [-0.2, -0.15) is 5.10 Å². The number of carbonyl (C=O) groups excluding carboxylic acids is 1. The summed E-state index contributed by atoms with van der Waals surface area (Å²) in [5.74, 6) is 1.98. The van der Waals surface area contributed by atoms with Crippen molar-refractivity contribution in [3.8, 4) is 11.5 Å². The number of nitrogens with zero attached hydrogens (tertiary/aromatic N) is 2. The molecule has 1 atom stereocenters. The van der Waals surface area contributed by atoms with Gasteiger partial charge in [-0.15, -0.1) is 0 Å². The molecule has 1 aliphatic heterocycles. The van der Waals surface area contributed by atoms with Crippen molar-refractivity contribution in [3.05, 3.63) is 35.7 Å². The Labute approximate surface area is 140 Å². The van der Waals surface area contributed by atoms with Crippen molar-refractivity contribution in [2.24, 2.45) is 5.92 Å². The maximum Gasteiger partial charge on any atom is 0.246 e. The van der Waals surface area contributed by atoms with Gasteiger partial charge >= 0.3 is 0 Å². The Bertz CT molecular complexity index is 769. The molecular formula is C18H21N3O3. The number of aryl methyl sites for hydroxylation is 1. The van der Waals surface area contributed by atoms with Crippen LogP contribution < -0.4 is 14.8 Å². The first-order chi connectivity index (χ1) is 11.7. The SMILES string of the molecule is CC1CCc2nn(CC(=O)Nc3ccc4c(c3)OCCO4)cc2C1. The highest BCUT2D eigenvalue weighted by atomic mass is 16.6. The van der Waals surface area contributed by atoms with Crippen molar-refractivity contribution in [3.63, 3.8) is 0 Å². The van der Waals surface area contributed by atoms with Gasteiger partial charge in [0.05, 0.1) is 5.69 Å². The van der Waals surface area contributed by atoms with Gasteiger partial charge in [0.2, 0.25) is 5.91 Å². The maximum atomic E-state index is 12.3. The molecular weight excluding hydrogens is 306 g/mol. The molecule has 0 fully saturated rings. The summed E-state index contributed by atoms with van der Waals surface area (Å²) in [6.45, 7) is 3.56. The Hall–Kier alpha value is -2.50. The molecule has 1 unspecified atom stereocenters. The van der Waals surface area contributed by atoms with E-state index in [9.17, 15) is 4.79 Å². The fourth-order valence-corrected chi connectivity index (χ4v) is 3.29. The molecule has 24 heavy (non-hydrogen) atoms. The fourth-order valence-electron chi connectivity index (χ4n) is 3.29. The number of hydrogen-bond donors (Lipinski definition) is 1. The van der Waals surface area contributed by atoms with E-state index in [0.29, 0.717) is 36.3 Å². The van der Waals surface area contributed by atoms with Crippen molar-refractivity contribution < 1.29 is 14.3 Å². The molecule has 6 heteroatoms. The first kappa shape index (κ1) is 15.1. The number of nitrogens with one attached hydrogen (secondary N) is 1. The summed E-state index contributed by atoms with van der Waals surface area (Å²) in [6.07, 6.45) is 5.24. The van der Waals surface area contributed by atoms with Gasteiger partial charge in [-0.1, -0.05) is 6.92 Å². The molecule has 1 aromatic heterocycles. The summed E-state index contributed by atoms with van der Waals surface area (Å²) >= 11 is 0. The average molecular weight is 327 g/mol. The summed E-state index contributed by atoms with van der Waals surface area (Å²) in [5.41, 5.74) is 3.12. The number of aromatic nitrogens is 2. The molecule has 4 rings (SSSR count).